The molecule has 2 aromatic rings. The van der Waals surface area contributed by atoms with Crippen LogP contribution >= 0.6 is 0 Å². The molecule has 1 atom stereocenters. The monoisotopic (exact) mass is 314 g/mol. The van der Waals surface area contributed by atoms with Crippen molar-refractivity contribution in [3.63, 3.8) is 0 Å². The summed E-state index contributed by atoms with van der Waals surface area (Å²) in [5.41, 5.74) is 1.85. The second kappa shape index (κ2) is 7.40. The number of methoxy groups -OCH3 is 1. The Kier molecular flexibility index (Phi) is 5.30. The van der Waals surface area contributed by atoms with Gasteiger partial charge >= 0.3 is 5.97 Å². The summed E-state index contributed by atoms with van der Waals surface area (Å²) in [6, 6.07) is 8.47. The molecule has 1 N–H and O–H groups in total. The topological polar surface area (TPSA) is 77.5 Å². The summed E-state index contributed by atoms with van der Waals surface area (Å²) in [7, 11) is 1.52. The van der Waals surface area contributed by atoms with E-state index in [9.17, 15) is 9.59 Å². The van der Waals surface area contributed by atoms with Gasteiger partial charge in [0.1, 0.15) is 5.75 Å². The van der Waals surface area contributed by atoms with E-state index in [0.29, 0.717) is 17.0 Å². The number of carbonyl (C=O) groups excluding carboxylic acids is 2. The summed E-state index contributed by atoms with van der Waals surface area (Å²) < 4.78 is 10.4. The predicted octanol–water partition coefficient (Wildman–Crippen LogP) is 2.58. The number of benzene rings is 1. The van der Waals surface area contributed by atoms with Crippen molar-refractivity contribution in [2.75, 3.05) is 12.4 Å². The average Bonchev–Trinajstić information content (AvgIpc) is 2.55. The van der Waals surface area contributed by atoms with Crippen LogP contribution in [0.25, 0.3) is 0 Å². The number of aromatic nitrogens is 1. The number of anilines is 1. The van der Waals surface area contributed by atoms with Gasteiger partial charge in [0.2, 0.25) is 0 Å². The SMILES string of the molecule is COc1ccc(C)cc1NC(=O)[C@@H](C)OC(=O)c1ccncc1. The average molecular weight is 314 g/mol. The van der Waals surface area contributed by atoms with Crippen LogP contribution in [0.4, 0.5) is 5.69 Å². The van der Waals surface area contributed by atoms with Crippen LogP contribution in [0, 0.1) is 6.92 Å². The van der Waals surface area contributed by atoms with Gasteiger partial charge in [-0.25, -0.2) is 4.79 Å². The Hall–Kier alpha value is -2.89. The molecule has 1 amide bonds. The number of pyridine rings is 1. The van der Waals surface area contributed by atoms with Crippen LogP contribution in [-0.4, -0.2) is 30.1 Å². The molecule has 0 unspecified atom stereocenters. The molecule has 0 saturated heterocycles. The molecular formula is C17H18N2O4. The van der Waals surface area contributed by atoms with Crippen LogP contribution in [0.15, 0.2) is 42.7 Å². The van der Waals surface area contributed by atoms with E-state index in [2.05, 4.69) is 10.3 Å². The van der Waals surface area contributed by atoms with Crippen molar-refractivity contribution in [2.45, 2.75) is 20.0 Å². The third kappa shape index (κ3) is 4.29. The fourth-order valence-electron chi connectivity index (χ4n) is 1.92. The molecule has 1 heterocycles. The number of ether oxygens (including phenoxy) is 2. The highest BCUT2D eigenvalue weighted by molar-refractivity contribution is 5.98. The standard InChI is InChI=1S/C17H18N2O4/c1-11-4-5-15(22-3)14(10-11)19-16(20)12(2)23-17(21)13-6-8-18-9-7-13/h4-10,12H,1-3H3,(H,19,20)/t12-/m1/s1. The maximum atomic E-state index is 12.2. The number of nitrogens with one attached hydrogen (secondary N) is 1. The molecule has 6 nitrogen and oxygen atoms in total. The molecule has 2 rings (SSSR count). The van der Waals surface area contributed by atoms with E-state index >= 15 is 0 Å². The summed E-state index contributed by atoms with van der Waals surface area (Å²) in [4.78, 5) is 28.0. The Balaban J connectivity index is 2.03. The van der Waals surface area contributed by atoms with Gasteiger partial charge in [0.25, 0.3) is 5.91 Å². The Labute approximate surface area is 134 Å². The van der Waals surface area contributed by atoms with Crippen LogP contribution in [0.3, 0.4) is 0 Å². The molecule has 0 spiro atoms. The zero-order valence-corrected chi connectivity index (χ0v) is 13.2. The van der Waals surface area contributed by atoms with Gasteiger partial charge in [-0.3, -0.25) is 9.78 Å². The van der Waals surface area contributed by atoms with E-state index in [1.54, 1.807) is 12.1 Å². The quantitative estimate of drug-likeness (QED) is 0.858. The molecule has 23 heavy (non-hydrogen) atoms. The fourth-order valence-corrected chi connectivity index (χ4v) is 1.92. The summed E-state index contributed by atoms with van der Waals surface area (Å²) in [5.74, 6) is -0.473. The first-order chi connectivity index (χ1) is 11.0. The lowest BCUT2D eigenvalue weighted by molar-refractivity contribution is -0.123. The highest BCUT2D eigenvalue weighted by Gasteiger charge is 2.20. The van der Waals surface area contributed by atoms with Crippen molar-refractivity contribution in [1.82, 2.24) is 4.98 Å². The van der Waals surface area contributed by atoms with Crippen LogP contribution in [0.2, 0.25) is 0 Å². The van der Waals surface area contributed by atoms with Crippen molar-refractivity contribution in [1.29, 1.82) is 0 Å². The van der Waals surface area contributed by atoms with Crippen molar-refractivity contribution >= 4 is 17.6 Å². The second-order valence-corrected chi connectivity index (χ2v) is 4.98. The molecular weight excluding hydrogens is 296 g/mol. The number of hydrogen-bond acceptors (Lipinski definition) is 5. The maximum Gasteiger partial charge on any atom is 0.339 e. The number of amides is 1. The van der Waals surface area contributed by atoms with E-state index in [0.717, 1.165) is 5.56 Å². The zero-order chi connectivity index (χ0) is 16.8. The highest BCUT2D eigenvalue weighted by Crippen LogP contribution is 2.25. The molecule has 1 aromatic carbocycles. The first kappa shape index (κ1) is 16.5. The largest absolute Gasteiger partial charge is 0.495 e. The van der Waals surface area contributed by atoms with Crippen molar-refractivity contribution < 1.29 is 19.1 Å². The van der Waals surface area contributed by atoms with Crippen molar-refractivity contribution in [2.24, 2.45) is 0 Å². The van der Waals surface area contributed by atoms with E-state index in [-0.39, 0.29) is 0 Å². The molecule has 6 heteroatoms. The van der Waals surface area contributed by atoms with E-state index in [1.165, 1.54) is 38.6 Å². The normalized spacial score (nSPS) is 11.4. The van der Waals surface area contributed by atoms with Gasteiger partial charge in [-0.2, -0.15) is 0 Å². The number of nitrogens with zero attached hydrogens (tertiary/aromatic N) is 1. The minimum Gasteiger partial charge on any atom is -0.495 e. The Bertz CT molecular complexity index is 701. The molecule has 0 saturated carbocycles. The lowest BCUT2D eigenvalue weighted by atomic mass is 10.2. The van der Waals surface area contributed by atoms with Gasteiger partial charge in [0.15, 0.2) is 6.10 Å². The van der Waals surface area contributed by atoms with E-state index < -0.39 is 18.0 Å². The minimum absolute atomic E-state index is 0.341. The molecule has 0 radical (unpaired) electrons. The summed E-state index contributed by atoms with van der Waals surface area (Å²) in [6.07, 6.45) is 2.03. The number of esters is 1. The summed E-state index contributed by atoms with van der Waals surface area (Å²) in [6.45, 7) is 3.42. The van der Waals surface area contributed by atoms with Crippen LogP contribution in [0.1, 0.15) is 22.8 Å². The second-order valence-electron chi connectivity index (χ2n) is 4.98. The molecule has 0 aliphatic rings. The van der Waals surface area contributed by atoms with Gasteiger partial charge in [-0.05, 0) is 43.7 Å². The highest BCUT2D eigenvalue weighted by atomic mass is 16.5. The van der Waals surface area contributed by atoms with Crippen LogP contribution < -0.4 is 10.1 Å². The van der Waals surface area contributed by atoms with Gasteiger partial charge in [0, 0.05) is 12.4 Å². The van der Waals surface area contributed by atoms with Crippen LogP contribution in [0.5, 0.6) is 5.75 Å². The summed E-state index contributed by atoms with van der Waals surface area (Å²) >= 11 is 0. The lowest BCUT2D eigenvalue weighted by Crippen LogP contribution is -2.30. The first-order valence-electron chi connectivity index (χ1n) is 7.07. The van der Waals surface area contributed by atoms with Crippen molar-refractivity contribution in [3.05, 3.63) is 53.9 Å². The maximum absolute atomic E-state index is 12.2. The third-order valence-corrected chi connectivity index (χ3v) is 3.18. The Morgan fingerprint density at radius 3 is 2.52 bits per heavy atom. The molecule has 120 valence electrons. The van der Waals surface area contributed by atoms with Crippen molar-refractivity contribution in [3.8, 4) is 5.75 Å². The number of hydrogen-bond donors (Lipinski definition) is 1. The summed E-state index contributed by atoms with van der Waals surface area (Å²) in [5, 5.41) is 2.71. The first-order valence-corrected chi connectivity index (χ1v) is 7.07. The Morgan fingerprint density at radius 2 is 1.87 bits per heavy atom. The van der Waals surface area contributed by atoms with Gasteiger partial charge in [-0.1, -0.05) is 6.07 Å². The molecule has 0 aliphatic carbocycles. The molecule has 0 aliphatic heterocycles. The Morgan fingerprint density at radius 1 is 1.17 bits per heavy atom. The number of aryl methyl sites for hydroxylation is 1. The zero-order valence-electron chi connectivity index (χ0n) is 13.2. The predicted molar refractivity (Wildman–Crippen MR) is 85.5 cm³/mol. The smallest absolute Gasteiger partial charge is 0.339 e. The third-order valence-electron chi connectivity index (χ3n) is 3.18. The van der Waals surface area contributed by atoms with E-state index in [4.69, 9.17) is 9.47 Å². The van der Waals surface area contributed by atoms with Crippen LogP contribution in [-0.2, 0) is 9.53 Å². The van der Waals surface area contributed by atoms with Gasteiger partial charge < -0.3 is 14.8 Å². The fraction of sp³-hybridized carbons (Fsp3) is 0.235. The molecule has 1 aromatic heterocycles. The minimum atomic E-state index is -0.944. The number of rotatable bonds is 5. The molecule has 0 fully saturated rings. The van der Waals surface area contributed by atoms with E-state index in [1.807, 2.05) is 13.0 Å². The number of carbonyl (C=O) groups is 2. The van der Waals surface area contributed by atoms with Gasteiger partial charge in [-0.15, -0.1) is 0 Å². The lowest BCUT2D eigenvalue weighted by Gasteiger charge is -2.15. The van der Waals surface area contributed by atoms with Gasteiger partial charge in [0.05, 0.1) is 18.4 Å². The molecule has 0 bridgehead atoms.